The highest BCUT2D eigenvalue weighted by atomic mass is 16.6. The Hall–Kier alpha value is -1.75. The van der Waals surface area contributed by atoms with E-state index in [4.69, 9.17) is 19.3 Å². The number of carbonyl (C=O) groups is 1. The summed E-state index contributed by atoms with van der Waals surface area (Å²) in [5.41, 5.74) is 0. The van der Waals surface area contributed by atoms with Gasteiger partial charge in [0, 0.05) is 13.5 Å². The molecular formula is C12H14O5. The third kappa shape index (κ3) is 2.68. The van der Waals surface area contributed by atoms with Crippen molar-refractivity contribution in [3.05, 3.63) is 24.3 Å². The molecule has 2 unspecified atom stereocenters. The quantitative estimate of drug-likeness (QED) is 0.856. The zero-order valence-corrected chi connectivity index (χ0v) is 9.46. The van der Waals surface area contributed by atoms with Crippen LogP contribution in [-0.4, -0.2) is 37.0 Å². The number of hydrogen-bond acceptors (Lipinski definition) is 4. The number of para-hydroxylation sites is 2. The first kappa shape index (κ1) is 11.7. The van der Waals surface area contributed by atoms with Crippen molar-refractivity contribution in [2.45, 2.75) is 18.6 Å². The van der Waals surface area contributed by atoms with Crippen LogP contribution < -0.4 is 9.47 Å². The molecule has 92 valence electrons. The van der Waals surface area contributed by atoms with Gasteiger partial charge in [0.15, 0.2) is 17.6 Å². The first-order valence-electron chi connectivity index (χ1n) is 5.35. The summed E-state index contributed by atoms with van der Waals surface area (Å²) in [7, 11) is 1.37. The third-order valence-corrected chi connectivity index (χ3v) is 2.60. The molecule has 1 aromatic carbocycles. The van der Waals surface area contributed by atoms with Crippen molar-refractivity contribution in [3.63, 3.8) is 0 Å². The number of methoxy groups -OCH3 is 1. The molecule has 0 fully saturated rings. The van der Waals surface area contributed by atoms with E-state index in [1.165, 1.54) is 7.11 Å². The van der Waals surface area contributed by atoms with Crippen molar-refractivity contribution in [3.8, 4) is 11.5 Å². The molecule has 1 heterocycles. The van der Waals surface area contributed by atoms with Crippen LogP contribution in [0.5, 0.6) is 11.5 Å². The molecule has 1 aliphatic heterocycles. The van der Waals surface area contributed by atoms with E-state index in [1.807, 2.05) is 18.2 Å². The number of fused-ring (bicyclic) bond motifs is 1. The van der Waals surface area contributed by atoms with Gasteiger partial charge in [-0.05, 0) is 12.1 Å². The Morgan fingerprint density at radius 1 is 1.53 bits per heavy atom. The minimum atomic E-state index is -0.991. The van der Waals surface area contributed by atoms with Crippen LogP contribution in [0.1, 0.15) is 6.42 Å². The van der Waals surface area contributed by atoms with Crippen LogP contribution >= 0.6 is 0 Å². The smallest absolute Gasteiger partial charge is 0.332 e. The van der Waals surface area contributed by atoms with Crippen molar-refractivity contribution >= 4 is 5.97 Å². The maximum Gasteiger partial charge on any atom is 0.332 e. The maximum absolute atomic E-state index is 10.8. The van der Waals surface area contributed by atoms with Crippen LogP contribution in [0.3, 0.4) is 0 Å². The average Bonchev–Trinajstić information content (AvgIpc) is 2.35. The van der Waals surface area contributed by atoms with E-state index in [-0.39, 0.29) is 12.5 Å². The van der Waals surface area contributed by atoms with E-state index in [2.05, 4.69) is 0 Å². The van der Waals surface area contributed by atoms with Crippen molar-refractivity contribution in [2.75, 3.05) is 13.7 Å². The third-order valence-electron chi connectivity index (χ3n) is 2.60. The molecule has 0 saturated carbocycles. The monoisotopic (exact) mass is 238 g/mol. The molecule has 2 rings (SSSR count). The molecule has 17 heavy (non-hydrogen) atoms. The second-order valence-corrected chi connectivity index (χ2v) is 3.80. The maximum atomic E-state index is 10.8. The fraction of sp³-hybridized carbons (Fsp3) is 0.417. The summed E-state index contributed by atoms with van der Waals surface area (Å²) < 4.78 is 16.0. The summed E-state index contributed by atoms with van der Waals surface area (Å²) in [6.45, 7) is 0.337. The van der Waals surface area contributed by atoms with Gasteiger partial charge in [-0.15, -0.1) is 0 Å². The van der Waals surface area contributed by atoms with Gasteiger partial charge in [-0.2, -0.15) is 0 Å². The zero-order chi connectivity index (χ0) is 12.3. The van der Waals surface area contributed by atoms with Gasteiger partial charge in [0.2, 0.25) is 0 Å². The van der Waals surface area contributed by atoms with Gasteiger partial charge in [-0.1, -0.05) is 12.1 Å². The Bertz CT molecular complexity index is 404. The predicted octanol–water partition coefficient (Wildman–Crippen LogP) is 1.32. The van der Waals surface area contributed by atoms with Crippen LogP contribution in [0.2, 0.25) is 0 Å². The van der Waals surface area contributed by atoms with Gasteiger partial charge in [0.05, 0.1) is 0 Å². The summed E-state index contributed by atoms with van der Waals surface area (Å²) in [6.07, 6.45) is -0.903. The highest BCUT2D eigenvalue weighted by molar-refractivity contribution is 5.72. The lowest BCUT2D eigenvalue weighted by molar-refractivity contribution is -0.150. The van der Waals surface area contributed by atoms with E-state index in [1.54, 1.807) is 6.07 Å². The highest BCUT2D eigenvalue weighted by Crippen LogP contribution is 2.31. The molecule has 1 aliphatic rings. The van der Waals surface area contributed by atoms with Crippen LogP contribution in [0.4, 0.5) is 0 Å². The van der Waals surface area contributed by atoms with Crippen molar-refractivity contribution < 1.29 is 24.1 Å². The average molecular weight is 238 g/mol. The molecule has 0 spiro atoms. The molecule has 2 atom stereocenters. The lowest BCUT2D eigenvalue weighted by Gasteiger charge is -2.27. The van der Waals surface area contributed by atoms with E-state index in [0.29, 0.717) is 18.1 Å². The van der Waals surface area contributed by atoms with E-state index in [0.717, 1.165) is 0 Å². The van der Waals surface area contributed by atoms with Gasteiger partial charge in [-0.3, -0.25) is 0 Å². The Morgan fingerprint density at radius 2 is 2.24 bits per heavy atom. The van der Waals surface area contributed by atoms with Gasteiger partial charge in [-0.25, -0.2) is 4.79 Å². The second-order valence-electron chi connectivity index (χ2n) is 3.80. The summed E-state index contributed by atoms with van der Waals surface area (Å²) >= 11 is 0. The SMILES string of the molecule is COC(CC1COc2ccccc2O1)C(=O)O. The summed E-state index contributed by atoms with van der Waals surface area (Å²) in [5, 5.41) is 8.88. The van der Waals surface area contributed by atoms with Gasteiger partial charge in [0.1, 0.15) is 12.7 Å². The molecule has 1 aromatic rings. The lowest BCUT2D eigenvalue weighted by Crippen LogP contribution is -2.36. The Kier molecular flexibility index (Phi) is 3.49. The molecule has 0 aliphatic carbocycles. The first-order valence-corrected chi connectivity index (χ1v) is 5.35. The molecule has 5 nitrogen and oxygen atoms in total. The minimum absolute atomic E-state index is 0.264. The molecule has 0 saturated heterocycles. The molecule has 0 bridgehead atoms. The number of ether oxygens (including phenoxy) is 3. The lowest BCUT2D eigenvalue weighted by atomic mass is 10.1. The Balaban J connectivity index is 2.00. The number of aliphatic carboxylic acids is 1. The molecular weight excluding hydrogens is 224 g/mol. The number of carboxylic acids is 1. The van der Waals surface area contributed by atoms with Crippen LogP contribution in [0.25, 0.3) is 0 Å². The molecule has 0 amide bonds. The Morgan fingerprint density at radius 3 is 2.88 bits per heavy atom. The van der Waals surface area contributed by atoms with Gasteiger partial charge < -0.3 is 19.3 Å². The number of carboxylic acid groups (broad SMARTS) is 1. The highest BCUT2D eigenvalue weighted by Gasteiger charge is 2.27. The summed E-state index contributed by atoms with van der Waals surface area (Å²) in [5.74, 6) is 0.340. The Labute approximate surface area is 98.9 Å². The predicted molar refractivity (Wildman–Crippen MR) is 59.4 cm³/mol. The second kappa shape index (κ2) is 5.05. The standard InChI is InChI=1S/C12H14O5/c1-15-11(12(13)14)6-8-7-16-9-4-2-3-5-10(9)17-8/h2-5,8,11H,6-7H2,1H3,(H,13,14). The van der Waals surface area contributed by atoms with Gasteiger partial charge >= 0.3 is 5.97 Å². The summed E-state index contributed by atoms with van der Waals surface area (Å²) in [4.78, 5) is 10.8. The topological polar surface area (TPSA) is 65.0 Å². The van der Waals surface area contributed by atoms with E-state index >= 15 is 0 Å². The van der Waals surface area contributed by atoms with E-state index in [9.17, 15) is 4.79 Å². The van der Waals surface area contributed by atoms with Crippen LogP contribution in [-0.2, 0) is 9.53 Å². The number of benzene rings is 1. The minimum Gasteiger partial charge on any atom is -0.486 e. The van der Waals surface area contributed by atoms with Gasteiger partial charge in [0.25, 0.3) is 0 Å². The van der Waals surface area contributed by atoms with Crippen molar-refractivity contribution in [1.82, 2.24) is 0 Å². The van der Waals surface area contributed by atoms with Crippen molar-refractivity contribution in [2.24, 2.45) is 0 Å². The van der Waals surface area contributed by atoms with Crippen molar-refractivity contribution in [1.29, 1.82) is 0 Å². The zero-order valence-electron chi connectivity index (χ0n) is 9.46. The fourth-order valence-electron chi connectivity index (χ4n) is 1.72. The molecule has 1 N–H and O–H groups in total. The number of hydrogen-bond donors (Lipinski definition) is 1. The fourth-order valence-corrected chi connectivity index (χ4v) is 1.72. The van der Waals surface area contributed by atoms with E-state index < -0.39 is 12.1 Å². The number of rotatable bonds is 4. The first-order chi connectivity index (χ1) is 8.20. The largest absolute Gasteiger partial charge is 0.486 e. The normalized spacial score (nSPS) is 19.7. The summed E-state index contributed by atoms with van der Waals surface area (Å²) in [6, 6.07) is 7.31. The molecule has 0 radical (unpaired) electrons. The van der Waals surface area contributed by atoms with Crippen LogP contribution in [0, 0.1) is 0 Å². The van der Waals surface area contributed by atoms with Crippen LogP contribution in [0.15, 0.2) is 24.3 Å². The molecule has 0 aromatic heterocycles. The molecule has 5 heteroatoms.